The van der Waals surface area contributed by atoms with E-state index in [4.69, 9.17) is 19.4 Å². The zero-order valence-corrected chi connectivity index (χ0v) is 11.8. The molecule has 1 saturated heterocycles. The summed E-state index contributed by atoms with van der Waals surface area (Å²) in [6.45, 7) is 2.66. The molecule has 0 spiro atoms. The Morgan fingerprint density at radius 2 is 1.89 bits per heavy atom. The molecule has 0 saturated carbocycles. The fraction of sp³-hybridized carbons (Fsp3) is 1.00. The summed E-state index contributed by atoms with van der Waals surface area (Å²) >= 11 is 0. The summed E-state index contributed by atoms with van der Waals surface area (Å²) in [5, 5.41) is 0. The number of hydrogen-bond donors (Lipinski definition) is 3. The SMILES string of the molecule is CCC1(CCCCOP(=O)(O)OP(=O)(O)O)CO1. The zero-order chi connectivity index (χ0) is 13.9. The predicted octanol–water partition coefficient (Wildman–Crippen LogP) is 1.56. The van der Waals surface area contributed by atoms with Crippen LogP contribution >= 0.6 is 15.6 Å². The van der Waals surface area contributed by atoms with Crippen molar-refractivity contribution in [2.24, 2.45) is 0 Å². The van der Waals surface area contributed by atoms with Gasteiger partial charge in [0, 0.05) is 0 Å². The summed E-state index contributed by atoms with van der Waals surface area (Å²) in [4.78, 5) is 25.7. The van der Waals surface area contributed by atoms with Gasteiger partial charge in [-0.15, -0.1) is 0 Å². The fourth-order valence-electron chi connectivity index (χ4n) is 1.51. The smallest absolute Gasteiger partial charge is 0.370 e. The van der Waals surface area contributed by atoms with Crippen molar-refractivity contribution in [1.29, 1.82) is 0 Å². The minimum Gasteiger partial charge on any atom is -0.370 e. The molecule has 8 nitrogen and oxygen atoms in total. The highest BCUT2D eigenvalue weighted by Gasteiger charge is 2.41. The van der Waals surface area contributed by atoms with Crippen molar-refractivity contribution in [3.63, 3.8) is 0 Å². The molecule has 0 amide bonds. The Balaban J connectivity index is 2.13. The second-order valence-corrected chi connectivity index (χ2v) is 6.99. The molecule has 108 valence electrons. The summed E-state index contributed by atoms with van der Waals surface area (Å²) in [6.07, 6.45) is 2.99. The van der Waals surface area contributed by atoms with Crippen LogP contribution in [0.5, 0.6) is 0 Å². The summed E-state index contributed by atoms with van der Waals surface area (Å²) in [7, 11) is -9.70. The monoisotopic (exact) mass is 304 g/mol. The molecular formula is C8H18O8P2. The molecule has 0 bridgehead atoms. The molecule has 1 fully saturated rings. The van der Waals surface area contributed by atoms with Gasteiger partial charge < -0.3 is 19.4 Å². The van der Waals surface area contributed by atoms with Gasteiger partial charge in [-0.25, -0.2) is 9.13 Å². The van der Waals surface area contributed by atoms with Crippen molar-refractivity contribution in [3.8, 4) is 0 Å². The maximum absolute atomic E-state index is 11.1. The van der Waals surface area contributed by atoms with E-state index in [0.717, 1.165) is 25.9 Å². The quantitative estimate of drug-likeness (QED) is 0.333. The normalized spacial score (nSPS) is 26.9. The van der Waals surface area contributed by atoms with E-state index in [1.807, 2.05) is 6.92 Å². The third-order valence-corrected chi connectivity index (χ3v) is 4.87. The first-order valence-corrected chi connectivity index (χ1v) is 8.59. The number of phosphoric ester groups is 1. The van der Waals surface area contributed by atoms with Gasteiger partial charge in [-0.3, -0.25) is 4.52 Å². The van der Waals surface area contributed by atoms with Gasteiger partial charge in [-0.05, 0) is 25.7 Å². The van der Waals surface area contributed by atoms with Gasteiger partial charge in [0.05, 0.1) is 18.8 Å². The van der Waals surface area contributed by atoms with E-state index in [1.165, 1.54) is 0 Å². The molecule has 1 aliphatic rings. The van der Waals surface area contributed by atoms with Crippen LogP contribution < -0.4 is 0 Å². The lowest BCUT2D eigenvalue weighted by Gasteiger charge is -2.12. The highest BCUT2D eigenvalue weighted by Crippen LogP contribution is 2.57. The molecular weight excluding hydrogens is 286 g/mol. The predicted molar refractivity (Wildman–Crippen MR) is 61.7 cm³/mol. The lowest BCUT2D eigenvalue weighted by atomic mass is 10.0. The topological polar surface area (TPSA) is 126 Å². The summed E-state index contributed by atoms with van der Waals surface area (Å²) in [6, 6.07) is 0. The molecule has 18 heavy (non-hydrogen) atoms. The molecule has 1 aliphatic heterocycles. The van der Waals surface area contributed by atoms with E-state index in [9.17, 15) is 9.13 Å². The molecule has 0 aromatic heterocycles. The molecule has 0 aromatic carbocycles. The molecule has 3 N–H and O–H groups in total. The van der Waals surface area contributed by atoms with Gasteiger partial charge in [-0.1, -0.05) is 6.92 Å². The molecule has 0 aliphatic carbocycles. The van der Waals surface area contributed by atoms with E-state index >= 15 is 0 Å². The van der Waals surface area contributed by atoms with Crippen LogP contribution in [0.3, 0.4) is 0 Å². The molecule has 2 atom stereocenters. The number of unbranched alkanes of at least 4 members (excludes halogenated alkanes) is 1. The molecule has 2 unspecified atom stereocenters. The van der Waals surface area contributed by atoms with Crippen LogP contribution in [0.2, 0.25) is 0 Å². The number of rotatable bonds is 9. The summed E-state index contributed by atoms with van der Waals surface area (Å²) in [5.41, 5.74) is -0.0364. The Morgan fingerprint density at radius 1 is 1.28 bits per heavy atom. The Labute approximate surface area is 105 Å². The van der Waals surface area contributed by atoms with E-state index < -0.39 is 15.6 Å². The Morgan fingerprint density at radius 3 is 2.33 bits per heavy atom. The fourth-order valence-corrected chi connectivity index (χ4v) is 3.14. The van der Waals surface area contributed by atoms with Gasteiger partial charge in [-0.2, -0.15) is 4.31 Å². The third-order valence-electron chi connectivity index (χ3n) is 2.69. The molecule has 10 heteroatoms. The molecule has 1 heterocycles. The van der Waals surface area contributed by atoms with E-state index in [-0.39, 0.29) is 12.2 Å². The lowest BCUT2D eigenvalue weighted by molar-refractivity contribution is 0.174. The average molecular weight is 304 g/mol. The van der Waals surface area contributed by atoms with Gasteiger partial charge in [0.25, 0.3) is 0 Å². The number of hydrogen-bond acceptors (Lipinski definition) is 5. The Hall–Kier alpha value is 0.220. The van der Waals surface area contributed by atoms with Crippen LogP contribution in [-0.2, 0) is 22.7 Å². The minimum absolute atomic E-state index is 0.0364. The maximum atomic E-state index is 11.1. The molecule has 0 radical (unpaired) electrons. The van der Waals surface area contributed by atoms with Crippen molar-refractivity contribution >= 4 is 15.6 Å². The molecule has 0 aromatic rings. The first-order chi connectivity index (χ1) is 8.18. The summed E-state index contributed by atoms with van der Waals surface area (Å²) in [5.74, 6) is 0. The Kier molecular flexibility index (Phi) is 5.53. The van der Waals surface area contributed by atoms with Crippen LogP contribution in [0.4, 0.5) is 0 Å². The largest absolute Gasteiger partial charge is 0.481 e. The number of epoxide rings is 1. The highest BCUT2D eigenvalue weighted by molar-refractivity contribution is 7.60. The van der Waals surface area contributed by atoms with E-state index in [2.05, 4.69) is 8.83 Å². The summed E-state index contributed by atoms with van der Waals surface area (Å²) < 4.78 is 34.8. The average Bonchev–Trinajstić information content (AvgIpc) is 2.94. The van der Waals surface area contributed by atoms with Crippen LogP contribution in [0.15, 0.2) is 0 Å². The zero-order valence-electron chi connectivity index (χ0n) is 10.0. The lowest BCUT2D eigenvalue weighted by Crippen LogP contribution is -2.09. The van der Waals surface area contributed by atoms with Crippen molar-refractivity contribution in [2.45, 2.75) is 38.2 Å². The Bertz CT molecular complexity index is 360. The van der Waals surface area contributed by atoms with Gasteiger partial charge in [0.1, 0.15) is 0 Å². The standard InChI is InChI=1S/C8H18O8P2/c1-2-8(7-14-8)5-3-4-6-15-18(12,13)16-17(9,10)11/h2-7H2,1H3,(H,12,13)(H2,9,10,11). The van der Waals surface area contributed by atoms with E-state index in [1.54, 1.807) is 0 Å². The minimum atomic E-state index is -5.02. The second-order valence-electron chi connectivity index (χ2n) is 4.16. The van der Waals surface area contributed by atoms with Gasteiger partial charge in [0.15, 0.2) is 0 Å². The molecule has 1 rings (SSSR count). The number of phosphoric acid groups is 2. The van der Waals surface area contributed by atoms with E-state index in [0.29, 0.717) is 6.42 Å². The van der Waals surface area contributed by atoms with Gasteiger partial charge >= 0.3 is 15.6 Å². The van der Waals surface area contributed by atoms with Crippen LogP contribution in [-0.4, -0.2) is 33.5 Å². The van der Waals surface area contributed by atoms with Crippen molar-refractivity contribution in [2.75, 3.05) is 13.2 Å². The number of ether oxygens (including phenoxy) is 1. The first-order valence-electron chi connectivity index (χ1n) is 5.56. The maximum Gasteiger partial charge on any atom is 0.481 e. The second kappa shape index (κ2) is 6.11. The van der Waals surface area contributed by atoms with Crippen molar-refractivity contribution in [1.82, 2.24) is 0 Å². The van der Waals surface area contributed by atoms with Crippen LogP contribution in [0, 0.1) is 0 Å². The first kappa shape index (κ1) is 16.3. The van der Waals surface area contributed by atoms with Crippen LogP contribution in [0.25, 0.3) is 0 Å². The van der Waals surface area contributed by atoms with Crippen molar-refractivity contribution < 1.29 is 37.4 Å². The van der Waals surface area contributed by atoms with Crippen molar-refractivity contribution in [3.05, 3.63) is 0 Å². The van der Waals surface area contributed by atoms with Gasteiger partial charge in [0.2, 0.25) is 0 Å². The highest BCUT2D eigenvalue weighted by atomic mass is 31.3. The van der Waals surface area contributed by atoms with Crippen LogP contribution in [0.1, 0.15) is 32.6 Å². The third kappa shape index (κ3) is 6.41.